The molecule has 3 N–H and O–H groups in total. The van der Waals surface area contributed by atoms with Crippen molar-refractivity contribution in [2.75, 3.05) is 6.61 Å². The van der Waals surface area contributed by atoms with Gasteiger partial charge in [-0.2, -0.15) is 0 Å². The Kier molecular flexibility index (Phi) is 4.82. The van der Waals surface area contributed by atoms with E-state index in [9.17, 15) is 19.8 Å². The number of aliphatic carboxylic acids is 1. The van der Waals surface area contributed by atoms with Crippen molar-refractivity contribution in [2.45, 2.75) is 19.1 Å². The summed E-state index contributed by atoms with van der Waals surface area (Å²) in [7, 11) is 0. The van der Waals surface area contributed by atoms with E-state index in [0.717, 1.165) is 0 Å². The number of carboxylic acid groups (broad SMARTS) is 1. The summed E-state index contributed by atoms with van der Waals surface area (Å²) < 4.78 is 4.77. The maximum absolute atomic E-state index is 11.4. The van der Waals surface area contributed by atoms with Gasteiger partial charge in [0.2, 0.25) is 0 Å². The van der Waals surface area contributed by atoms with Crippen molar-refractivity contribution < 1.29 is 29.6 Å². The minimum Gasteiger partial charge on any atom is -0.479 e. The van der Waals surface area contributed by atoms with Crippen LogP contribution in [0.15, 0.2) is 24.3 Å². The van der Waals surface area contributed by atoms with Crippen LogP contribution in [0.4, 0.5) is 0 Å². The monoisotopic (exact) mass is 254 g/mol. The zero-order valence-corrected chi connectivity index (χ0v) is 9.74. The second kappa shape index (κ2) is 6.13. The molecule has 0 fully saturated rings. The first-order valence-electron chi connectivity index (χ1n) is 5.33. The topological polar surface area (TPSA) is 104 Å². The molecular weight excluding hydrogens is 240 g/mol. The highest BCUT2D eigenvalue weighted by Crippen LogP contribution is 2.18. The number of hydrogen-bond acceptors (Lipinski definition) is 5. The van der Waals surface area contributed by atoms with E-state index in [-0.39, 0.29) is 17.7 Å². The van der Waals surface area contributed by atoms with E-state index in [2.05, 4.69) is 0 Å². The summed E-state index contributed by atoms with van der Waals surface area (Å²) in [5.41, 5.74) is 0.321. The molecule has 18 heavy (non-hydrogen) atoms. The van der Waals surface area contributed by atoms with Crippen molar-refractivity contribution in [3.8, 4) is 0 Å². The van der Waals surface area contributed by atoms with Gasteiger partial charge in [-0.3, -0.25) is 0 Å². The molecular formula is C12H14O6. The molecule has 6 nitrogen and oxygen atoms in total. The lowest BCUT2D eigenvalue weighted by atomic mass is 10.0. The Morgan fingerprint density at radius 1 is 1.33 bits per heavy atom. The number of ether oxygens (including phenoxy) is 1. The summed E-state index contributed by atoms with van der Waals surface area (Å²) in [6, 6.07) is 5.65. The van der Waals surface area contributed by atoms with Crippen molar-refractivity contribution in [2.24, 2.45) is 0 Å². The number of hydrogen-bond donors (Lipinski definition) is 3. The van der Waals surface area contributed by atoms with Crippen molar-refractivity contribution in [3.05, 3.63) is 35.4 Å². The van der Waals surface area contributed by atoms with Crippen LogP contribution in [0.5, 0.6) is 0 Å². The highest BCUT2D eigenvalue weighted by molar-refractivity contribution is 5.89. The van der Waals surface area contributed by atoms with Gasteiger partial charge in [-0.05, 0) is 24.6 Å². The lowest BCUT2D eigenvalue weighted by molar-refractivity contribution is -0.153. The Balaban J connectivity index is 2.94. The maximum atomic E-state index is 11.4. The number of carbonyl (C=O) groups excluding carboxylic acids is 1. The zero-order valence-electron chi connectivity index (χ0n) is 9.74. The van der Waals surface area contributed by atoms with E-state index in [4.69, 9.17) is 9.84 Å². The first-order chi connectivity index (χ1) is 8.47. The first kappa shape index (κ1) is 14.1. The number of rotatable bonds is 5. The van der Waals surface area contributed by atoms with Gasteiger partial charge in [0, 0.05) is 0 Å². The third-order valence-electron chi connectivity index (χ3n) is 2.29. The van der Waals surface area contributed by atoms with Gasteiger partial charge in [0.1, 0.15) is 6.10 Å². The molecule has 1 rings (SSSR count). The van der Waals surface area contributed by atoms with Crippen LogP contribution in [-0.2, 0) is 9.53 Å². The number of esters is 1. The summed E-state index contributed by atoms with van der Waals surface area (Å²) in [5, 5.41) is 27.4. The van der Waals surface area contributed by atoms with Crippen molar-refractivity contribution in [1.82, 2.24) is 0 Å². The fourth-order valence-electron chi connectivity index (χ4n) is 1.38. The van der Waals surface area contributed by atoms with Crippen LogP contribution in [0.2, 0.25) is 0 Å². The zero-order chi connectivity index (χ0) is 13.7. The SMILES string of the molecule is CCOC(=O)c1cccc(C(O)C(O)C(=O)O)c1. The molecule has 0 aromatic heterocycles. The van der Waals surface area contributed by atoms with E-state index in [1.165, 1.54) is 24.3 Å². The standard InChI is InChI=1S/C12H14O6/c1-2-18-12(17)8-5-3-4-7(6-8)9(13)10(14)11(15)16/h3-6,9-10,13-14H,2H2,1H3,(H,15,16). The molecule has 0 spiro atoms. The number of carbonyl (C=O) groups is 2. The van der Waals surface area contributed by atoms with Gasteiger partial charge in [0.15, 0.2) is 6.10 Å². The molecule has 0 radical (unpaired) electrons. The second-order valence-electron chi connectivity index (χ2n) is 3.57. The first-order valence-corrected chi connectivity index (χ1v) is 5.33. The summed E-state index contributed by atoms with van der Waals surface area (Å²) in [6.07, 6.45) is -3.54. The van der Waals surface area contributed by atoms with E-state index < -0.39 is 24.1 Å². The Morgan fingerprint density at radius 2 is 2.00 bits per heavy atom. The van der Waals surface area contributed by atoms with Gasteiger partial charge in [0.25, 0.3) is 0 Å². The molecule has 1 aromatic carbocycles. The maximum Gasteiger partial charge on any atom is 0.338 e. The van der Waals surface area contributed by atoms with Crippen LogP contribution in [0.3, 0.4) is 0 Å². The molecule has 2 atom stereocenters. The van der Waals surface area contributed by atoms with Crippen molar-refractivity contribution in [1.29, 1.82) is 0 Å². The molecule has 0 bridgehead atoms. The second-order valence-corrected chi connectivity index (χ2v) is 3.57. The van der Waals surface area contributed by atoms with Crippen LogP contribution in [-0.4, -0.2) is 40.0 Å². The van der Waals surface area contributed by atoms with Gasteiger partial charge in [0.05, 0.1) is 12.2 Å². The number of carboxylic acids is 1. The molecule has 98 valence electrons. The van der Waals surface area contributed by atoms with E-state index in [1.54, 1.807) is 6.92 Å². The lowest BCUT2D eigenvalue weighted by Crippen LogP contribution is -2.27. The predicted molar refractivity (Wildman–Crippen MR) is 61.0 cm³/mol. The highest BCUT2D eigenvalue weighted by Gasteiger charge is 2.25. The third kappa shape index (κ3) is 3.28. The van der Waals surface area contributed by atoms with E-state index in [1.807, 2.05) is 0 Å². The lowest BCUT2D eigenvalue weighted by Gasteiger charge is -2.14. The van der Waals surface area contributed by atoms with E-state index in [0.29, 0.717) is 0 Å². The van der Waals surface area contributed by atoms with E-state index >= 15 is 0 Å². The quantitative estimate of drug-likeness (QED) is 0.655. The van der Waals surface area contributed by atoms with Gasteiger partial charge in [-0.1, -0.05) is 12.1 Å². The summed E-state index contributed by atoms with van der Waals surface area (Å²) in [4.78, 5) is 22.0. The molecule has 0 aliphatic carbocycles. The molecule has 6 heteroatoms. The summed E-state index contributed by atoms with van der Waals surface area (Å²) in [6.45, 7) is 1.87. The van der Waals surface area contributed by atoms with Crippen LogP contribution in [0.25, 0.3) is 0 Å². The molecule has 0 amide bonds. The fraction of sp³-hybridized carbons (Fsp3) is 0.333. The molecule has 0 heterocycles. The minimum absolute atomic E-state index is 0.135. The largest absolute Gasteiger partial charge is 0.479 e. The van der Waals surface area contributed by atoms with Crippen LogP contribution in [0, 0.1) is 0 Å². The molecule has 1 aromatic rings. The van der Waals surface area contributed by atoms with Crippen LogP contribution in [0.1, 0.15) is 28.9 Å². The van der Waals surface area contributed by atoms with Crippen molar-refractivity contribution in [3.63, 3.8) is 0 Å². The third-order valence-corrected chi connectivity index (χ3v) is 2.29. The fourth-order valence-corrected chi connectivity index (χ4v) is 1.38. The Labute approximate surface area is 103 Å². The molecule has 0 saturated carbocycles. The smallest absolute Gasteiger partial charge is 0.338 e. The summed E-state index contributed by atoms with van der Waals surface area (Å²) >= 11 is 0. The van der Waals surface area contributed by atoms with Gasteiger partial charge in [-0.25, -0.2) is 9.59 Å². The number of aliphatic hydroxyl groups is 2. The molecule has 0 saturated heterocycles. The molecule has 2 unspecified atom stereocenters. The molecule has 0 aliphatic heterocycles. The van der Waals surface area contributed by atoms with Crippen LogP contribution < -0.4 is 0 Å². The minimum atomic E-state index is -1.94. The average Bonchev–Trinajstić information content (AvgIpc) is 2.37. The van der Waals surface area contributed by atoms with Gasteiger partial charge in [-0.15, -0.1) is 0 Å². The predicted octanol–water partition coefficient (Wildman–Crippen LogP) is 0.342. The Hall–Kier alpha value is -1.92. The summed E-state index contributed by atoms with van der Waals surface area (Å²) in [5.74, 6) is -2.11. The Morgan fingerprint density at radius 3 is 2.56 bits per heavy atom. The average molecular weight is 254 g/mol. The number of aliphatic hydroxyl groups excluding tert-OH is 2. The number of benzene rings is 1. The van der Waals surface area contributed by atoms with Gasteiger partial charge < -0.3 is 20.1 Å². The normalized spacial score (nSPS) is 13.7. The Bertz CT molecular complexity index is 442. The molecule has 0 aliphatic rings. The van der Waals surface area contributed by atoms with Gasteiger partial charge >= 0.3 is 11.9 Å². The van der Waals surface area contributed by atoms with Crippen LogP contribution >= 0.6 is 0 Å². The highest BCUT2D eigenvalue weighted by atomic mass is 16.5. The van der Waals surface area contributed by atoms with Crippen molar-refractivity contribution >= 4 is 11.9 Å².